The third-order valence-corrected chi connectivity index (χ3v) is 10.4. The second-order valence-corrected chi connectivity index (χ2v) is 13.3. The number of nitrogens with zero attached hydrogens (tertiary/aromatic N) is 3. The van der Waals surface area contributed by atoms with Gasteiger partial charge in [0.2, 0.25) is 5.69 Å². The third-order valence-electron chi connectivity index (χ3n) is 10.4. The molecule has 4 rings (SSSR count). The molecule has 0 fully saturated rings. The summed E-state index contributed by atoms with van der Waals surface area (Å²) >= 11 is 0. The molecule has 0 spiro atoms. The zero-order valence-electron chi connectivity index (χ0n) is 33.5. The molecule has 0 radical (unpaired) electrons. The molecule has 6 nitrogen and oxygen atoms in total. The van der Waals surface area contributed by atoms with E-state index in [1.54, 1.807) is 0 Å². The van der Waals surface area contributed by atoms with Gasteiger partial charge in [-0.2, -0.15) is 9.83 Å². The van der Waals surface area contributed by atoms with Crippen molar-refractivity contribution in [1.82, 2.24) is 0 Å². The number of rotatable bonds is 4. The summed E-state index contributed by atoms with van der Waals surface area (Å²) < 4.78 is 4.07. The topological polar surface area (TPSA) is 82.8 Å². The van der Waals surface area contributed by atoms with E-state index in [4.69, 9.17) is 9.93 Å². The Morgan fingerprint density at radius 3 is 1.29 bits per heavy atom. The van der Waals surface area contributed by atoms with Gasteiger partial charge in [-0.1, -0.05) is 13.8 Å². The van der Waals surface area contributed by atoms with Crippen LogP contribution in [-0.2, 0) is 14.1 Å². The molecule has 262 valence electrons. The minimum absolute atomic E-state index is 0.126. The minimum atomic E-state index is -0.237. The molecule has 0 amide bonds. The molecule has 0 aliphatic carbocycles. The van der Waals surface area contributed by atoms with Crippen molar-refractivity contribution in [2.45, 2.75) is 117 Å². The lowest BCUT2D eigenvalue weighted by molar-refractivity contribution is -0.680. The maximum atomic E-state index is 13.2. The molecule has 49 heavy (non-hydrogen) atoms. The monoisotopic (exact) mass is 665 g/mol. The zero-order valence-corrected chi connectivity index (χ0v) is 33.5. The van der Waals surface area contributed by atoms with Crippen LogP contribution in [0, 0.1) is 118 Å². The smallest absolute Gasteiger partial charge is 0.257 e. The largest absolute Gasteiger partial charge is 0.282 e. The van der Waals surface area contributed by atoms with E-state index in [1.165, 1.54) is 66.8 Å². The van der Waals surface area contributed by atoms with Gasteiger partial charge in [0.25, 0.3) is 11.5 Å². The molecular formula is C43H59N3O3+2. The first kappa shape index (κ1) is 42.5. The minimum Gasteiger partial charge on any atom is -0.282 e. The molecule has 0 saturated carbocycles. The lowest BCUT2D eigenvalue weighted by Crippen LogP contribution is -2.38. The van der Waals surface area contributed by atoms with E-state index in [1.807, 2.05) is 45.6 Å². The summed E-state index contributed by atoms with van der Waals surface area (Å²) in [7, 11) is 3.99. The van der Waals surface area contributed by atoms with Gasteiger partial charge < -0.3 is 0 Å². The van der Waals surface area contributed by atoms with Crippen LogP contribution < -0.4 is 9.13 Å². The molecule has 2 aromatic heterocycles. The number of hydrogen-bond donors (Lipinski definition) is 0. The van der Waals surface area contributed by atoms with E-state index in [-0.39, 0.29) is 11.7 Å². The van der Waals surface area contributed by atoms with Crippen molar-refractivity contribution in [3.05, 3.63) is 135 Å². The van der Waals surface area contributed by atoms with Crippen molar-refractivity contribution in [3.8, 4) is 6.07 Å². The van der Waals surface area contributed by atoms with Crippen LogP contribution in [0.5, 0.6) is 0 Å². The Kier molecular flexibility index (Phi) is 15.4. The highest BCUT2D eigenvalue weighted by Crippen LogP contribution is 2.35. The van der Waals surface area contributed by atoms with Crippen molar-refractivity contribution in [2.75, 3.05) is 0 Å². The van der Waals surface area contributed by atoms with Crippen LogP contribution in [-0.4, -0.2) is 5.78 Å². The molecule has 0 bridgehead atoms. The van der Waals surface area contributed by atoms with Crippen molar-refractivity contribution in [2.24, 2.45) is 14.1 Å². The summed E-state index contributed by atoms with van der Waals surface area (Å²) in [6, 6.07) is 6.81. The second-order valence-electron chi connectivity index (χ2n) is 13.3. The van der Waals surface area contributed by atoms with E-state index in [9.17, 15) is 10.1 Å². The Morgan fingerprint density at radius 2 is 0.918 bits per heavy atom. The highest BCUT2D eigenvalue weighted by molar-refractivity contribution is 6.10. The van der Waals surface area contributed by atoms with E-state index >= 15 is 0 Å². The molecule has 0 aliphatic heterocycles. The van der Waals surface area contributed by atoms with Crippen LogP contribution in [0.4, 0.5) is 0 Å². The highest BCUT2D eigenvalue weighted by atomic mass is 16.7. The fraction of sp³-hybridized carbons (Fsp3) is 0.442. The Morgan fingerprint density at radius 1 is 0.571 bits per heavy atom. The van der Waals surface area contributed by atoms with Crippen molar-refractivity contribution in [3.63, 3.8) is 0 Å². The van der Waals surface area contributed by atoms with Gasteiger partial charge >= 0.3 is 0 Å². The van der Waals surface area contributed by atoms with E-state index < -0.39 is 0 Å². The highest BCUT2D eigenvalue weighted by Gasteiger charge is 2.30. The Labute approximate surface area is 296 Å². The average molecular weight is 666 g/mol. The van der Waals surface area contributed by atoms with Gasteiger partial charge in [-0.25, -0.2) is 4.57 Å². The molecule has 4 aromatic rings. The summed E-state index contributed by atoms with van der Waals surface area (Å²) in [6.07, 6.45) is 4.12. The molecule has 1 atom stereocenters. The number of nitriles is 1. The summed E-state index contributed by atoms with van der Waals surface area (Å²) in [5.41, 5.74) is 20.9. The second kappa shape index (κ2) is 17.8. The lowest BCUT2D eigenvalue weighted by atomic mass is 9.81. The average Bonchev–Trinajstić information content (AvgIpc) is 3.05. The first-order chi connectivity index (χ1) is 22.9. The molecule has 0 aliphatic rings. The van der Waals surface area contributed by atoms with Crippen molar-refractivity contribution >= 4 is 5.78 Å². The standard InChI is InChI=1S/C21H27N2.C20H26NO.C2H6.O2/c1-12-9-13(2)21(23(8)11-12)19(10-22)20-17(6)15(4)14(3)16(5)18(20)7;1-11-9-12(2)19(21(8)10-11)20(22)18-16(6)14(4)13(3)15(5)17(18)7;2*1-2/h9,11,19H,1-8H3;9-10H,1-8H3;1-2H3;/q2*+1;;. The van der Waals surface area contributed by atoms with E-state index in [0.717, 1.165) is 33.6 Å². The summed E-state index contributed by atoms with van der Waals surface area (Å²) in [5.74, 6) is -0.111. The van der Waals surface area contributed by atoms with Gasteiger partial charge in [-0.3, -0.25) is 4.79 Å². The Hall–Kier alpha value is -4.50. The van der Waals surface area contributed by atoms with Crippen LogP contribution in [0.25, 0.3) is 0 Å². The van der Waals surface area contributed by atoms with Crippen LogP contribution in [0.3, 0.4) is 0 Å². The number of hydrogen-bond acceptors (Lipinski definition) is 4. The van der Waals surface area contributed by atoms with Gasteiger partial charge in [-0.15, -0.1) is 0 Å². The summed E-state index contributed by atoms with van der Waals surface area (Å²) in [5, 5.41) is 9.99. The lowest BCUT2D eigenvalue weighted by Gasteiger charge is -2.21. The van der Waals surface area contributed by atoms with Gasteiger partial charge in [0, 0.05) is 37.7 Å². The molecule has 1 unspecified atom stereocenters. The van der Waals surface area contributed by atoms with E-state index in [2.05, 4.69) is 119 Å². The van der Waals surface area contributed by atoms with E-state index in [0.29, 0.717) is 0 Å². The number of benzene rings is 2. The number of aryl methyl sites for hydroxylation is 6. The van der Waals surface area contributed by atoms with Crippen LogP contribution in [0.15, 0.2) is 24.5 Å². The summed E-state index contributed by atoms with van der Waals surface area (Å²) in [4.78, 5) is 27.2. The maximum absolute atomic E-state index is 13.2. The fourth-order valence-electron chi connectivity index (χ4n) is 7.16. The maximum Gasteiger partial charge on any atom is 0.257 e. The van der Waals surface area contributed by atoms with Gasteiger partial charge in [0.05, 0.1) is 6.07 Å². The van der Waals surface area contributed by atoms with Crippen molar-refractivity contribution in [1.29, 1.82) is 5.26 Å². The molecule has 0 N–H and O–H groups in total. The molecule has 2 aromatic carbocycles. The van der Waals surface area contributed by atoms with Crippen LogP contribution in [0.2, 0.25) is 0 Å². The fourth-order valence-corrected chi connectivity index (χ4v) is 7.16. The molecule has 2 heterocycles. The molecule has 0 saturated heterocycles. The first-order valence-electron chi connectivity index (χ1n) is 17.1. The molecular weight excluding hydrogens is 606 g/mol. The van der Waals surface area contributed by atoms with Gasteiger partial charge in [0.15, 0.2) is 18.3 Å². The predicted molar refractivity (Wildman–Crippen MR) is 203 cm³/mol. The Bertz CT molecular complexity index is 1810. The SMILES string of the molecule is CC.Cc1cc(C)c(C(=O)c2c(C)c(C)c(C)c(C)c2C)[n+](C)c1.Cc1cc(C)c(C(C#N)c2c(C)c(C)c(C)c(C)c2C)[n+](C)c1.O=O. The first-order valence-corrected chi connectivity index (χ1v) is 17.1. The number of pyridine rings is 2. The predicted octanol–water partition coefficient (Wildman–Crippen LogP) is 9.32. The number of ketones is 1. The number of aromatic nitrogens is 2. The number of carbonyl (C=O) groups is 1. The van der Waals surface area contributed by atoms with Crippen LogP contribution >= 0.6 is 0 Å². The normalized spacial score (nSPS) is 10.8. The van der Waals surface area contributed by atoms with Gasteiger partial charge in [0.1, 0.15) is 14.1 Å². The molecule has 6 heteroatoms. The quantitative estimate of drug-likeness (QED) is 0.161. The van der Waals surface area contributed by atoms with Crippen LogP contribution in [0.1, 0.15) is 125 Å². The Balaban J connectivity index is 0.000000445. The zero-order chi connectivity index (χ0) is 38.2. The third kappa shape index (κ3) is 8.57. The number of carbonyl (C=O) groups excluding carboxylic acids is 1. The van der Waals surface area contributed by atoms with Gasteiger partial charge in [-0.05, 0) is 170 Å². The van der Waals surface area contributed by atoms with Crippen molar-refractivity contribution < 1.29 is 13.9 Å². The summed E-state index contributed by atoms with van der Waals surface area (Å²) in [6.45, 7) is 33.5.